The average Bonchev–Trinajstić information content (AvgIpc) is 2.18. The van der Waals surface area contributed by atoms with Gasteiger partial charge in [0, 0.05) is 6.21 Å². The van der Waals surface area contributed by atoms with E-state index in [9.17, 15) is 8.60 Å². The van der Waals surface area contributed by atoms with Crippen LogP contribution in [0.5, 0.6) is 0 Å². The van der Waals surface area contributed by atoms with Gasteiger partial charge in [-0.15, -0.1) is 0 Å². The van der Waals surface area contributed by atoms with Crippen molar-refractivity contribution in [2.24, 2.45) is 4.40 Å². The first kappa shape index (κ1) is 13.5. The van der Waals surface area contributed by atoms with Crippen molar-refractivity contribution in [3.63, 3.8) is 0 Å². The summed E-state index contributed by atoms with van der Waals surface area (Å²) in [6, 6.07) is 4.64. The molecule has 0 N–H and O–H groups in total. The van der Waals surface area contributed by atoms with Gasteiger partial charge >= 0.3 is 0 Å². The van der Waals surface area contributed by atoms with E-state index < -0.39 is 15.7 Å². The molecule has 88 valence electrons. The molecular formula is C11H13BrFNOS. The maximum absolute atomic E-state index is 13.2. The van der Waals surface area contributed by atoms with Crippen LogP contribution in [0.15, 0.2) is 27.1 Å². The van der Waals surface area contributed by atoms with E-state index in [1.807, 2.05) is 20.8 Å². The molecule has 1 atom stereocenters. The second-order valence-electron chi connectivity index (χ2n) is 4.27. The summed E-state index contributed by atoms with van der Waals surface area (Å²) in [5, 5.41) is 0. The van der Waals surface area contributed by atoms with Crippen molar-refractivity contribution in [1.29, 1.82) is 0 Å². The van der Waals surface area contributed by atoms with Gasteiger partial charge < -0.3 is 0 Å². The van der Waals surface area contributed by atoms with Gasteiger partial charge in [-0.2, -0.15) is 4.40 Å². The highest BCUT2D eigenvalue weighted by molar-refractivity contribution is 9.10. The molecule has 0 heterocycles. The zero-order chi connectivity index (χ0) is 12.3. The van der Waals surface area contributed by atoms with E-state index in [0.717, 1.165) is 0 Å². The van der Waals surface area contributed by atoms with Crippen LogP contribution in [0.1, 0.15) is 26.3 Å². The van der Waals surface area contributed by atoms with Crippen LogP contribution in [0, 0.1) is 5.82 Å². The van der Waals surface area contributed by atoms with Crippen LogP contribution in [-0.2, 0) is 11.0 Å². The van der Waals surface area contributed by atoms with Crippen LogP contribution in [0.4, 0.5) is 4.39 Å². The van der Waals surface area contributed by atoms with E-state index in [1.165, 1.54) is 12.3 Å². The van der Waals surface area contributed by atoms with E-state index in [2.05, 4.69) is 20.3 Å². The second-order valence-corrected chi connectivity index (χ2v) is 7.06. The van der Waals surface area contributed by atoms with Crippen LogP contribution in [0.3, 0.4) is 0 Å². The molecule has 5 heteroatoms. The largest absolute Gasteiger partial charge is 0.234 e. The molecule has 0 bridgehead atoms. The first-order chi connectivity index (χ1) is 7.30. The van der Waals surface area contributed by atoms with Gasteiger partial charge in [-0.25, -0.2) is 8.60 Å². The number of hydrogen-bond donors (Lipinski definition) is 0. The minimum Gasteiger partial charge on any atom is -0.234 e. The first-order valence-electron chi connectivity index (χ1n) is 4.72. The maximum Gasteiger partial charge on any atom is 0.144 e. The summed E-state index contributed by atoms with van der Waals surface area (Å²) in [7, 11) is -1.31. The standard InChI is InChI=1S/C11H13BrFNOS/c1-11(2,3)16(15)14-7-8-4-5-9(12)10(13)6-8/h4-7H,1-3H3/b14-7+/t16-/m0/s1. The monoisotopic (exact) mass is 305 g/mol. The van der Waals surface area contributed by atoms with Crippen LogP contribution in [0.25, 0.3) is 0 Å². The van der Waals surface area contributed by atoms with Gasteiger partial charge in [0.05, 0.1) is 9.22 Å². The Morgan fingerprint density at radius 3 is 2.56 bits per heavy atom. The molecule has 0 unspecified atom stereocenters. The molecule has 0 amide bonds. The molecule has 1 aromatic carbocycles. The normalized spacial score (nSPS) is 14.3. The summed E-state index contributed by atoms with van der Waals surface area (Å²) in [5.74, 6) is -0.356. The SMILES string of the molecule is CC(C)(C)[S@](=O)/N=C/c1ccc(Br)c(F)c1. The number of benzene rings is 1. The fourth-order valence-electron chi connectivity index (χ4n) is 0.860. The Balaban J connectivity index is 2.85. The summed E-state index contributed by atoms with van der Waals surface area (Å²) >= 11 is 3.06. The fourth-order valence-corrected chi connectivity index (χ4v) is 1.64. The lowest BCUT2D eigenvalue weighted by atomic mass is 10.2. The lowest BCUT2D eigenvalue weighted by Gasteiger charge is -2.12. The van der Waals surface area contributed by atoms with Gasteiger partial charge in [-0.1, -0.05) is 6.07 Å². The Morgan fingerprint density at radius 1 is 1.44 bits per heavy atom. The van der Waals surface area contributed by atoms with Crippen molar-refractivity contribution in [3.8, 4) is 0 Å². The Bertz CT molecular complexity index is 440. The molecule has 0 fully saturated rings. The summed E-state index contributed by atoms with van der Waals surface area (Å²) in [4.78, 5) is 0. The van der Waals surface area contributed by atoms with Crippen molar-refractivity contribution in [1.82, 2.24) is 0 Å². The van der Waals surface area contributed by atoms with Gasteiger partial charge in [-0.3, -0.25) is 0 Å². The molecule has 16 heavy (non-hydrogen) atoms. The smallest absolute Gasteiger partial charge is 0.144 e. The molecule has 0 aliphatic rings. The van der Waals surface area contributed by atoms with Gasteiger partial charge in [-0.05, 0) is 54.4 Å². The van der Waals surface area contributed by atoms with Crippen molar-refractivity contribution in [2.45, 2.75) is 25.5 Å². The molecule has 1 aromatic rings. The Morgan fingerprint density at radius 2 is 2.06 bits per heavy atom. The lowest BCUT2D eigenvalue weighted by molar-refractivity contribution is 0.621. The molecule has 0 aromatic heterocycles. The van der Waals surface area contributed by atoms with E-state index in [4.69, 9.17) is 0 Å². The van der Waals surface area contributed by atoms with Gasteiger partial charge in [0.15, 0.2) is 0 Å². The zero-order valence-electron chi connectivity index (χ0n) is 9.33. The van der Waals surface area contributed by atoms with Crippen molar-refractivity contribution in [2.75, 3.05) is 0 Å². The van der Waals surface area contributed by atoms with E-state index in [-0.39, 0.29) is 5.82 Å². The van der Waals surface area contributed by atoms with Crippen molar-refractivity contribution in [3.05, 3.63) is 34.1 Å². The van der Waals surface area contributed by atoms with Crippen molar-refractivity contribution >= 4 is 33.1 Å². The molecule has 0 saturated carbocycles. The molecule has 0 aliphatic carbocycles. The van der Waals surface area contributed by atoms with E-state index in [0.29, 0.717) is 10.0 Å². The highest BCUT2D eigenvalue weighted by atomic mass is 79.9. The highest BCUT2D eigenvalue weighted by Gasteiger charge is 2.18. The fraction of sp³-hybridized carbons (Fsp3) is 0.364. The molecule has 1 rings (SSSR count). The summed E-state index contributed by atoms with van der Waals surface area (Å²) in [6.45, 7) is 5.51. The first-order valence-corrected chi connectivity index (χ1v) is 6.62. The predicted molar refractivity (Wildman–Crippen MR) is 69.6 cm³/mol. The van der Waals surface area contributed by atoms with Gasteiger partial charge in [0.2, 0.25) is 0 Å². The van der Waals surface area contributed by atoms with Gasteiger partial charge in [0.1, 0.15) is 16.8 Å². The third-order valence-electron chi connectivity index (χ3n) is 1.77. The molecule has 2 nitrogen and oxygen atoms in total. The van der Waals surface area contributed by atoms with Crippen LogP contribution in [0.2, 0.25) is 0 Å². The summed E-state index contributed by atoms with van der Waals surface area (Å²) in [5.41, 5.74) is 0.596. The van der Waals surface area contributed by atoms with Crippen LogP contribution in [-0.4, -0.2) is 15.2 Å². The molecule has 0 aliphatic heterocycles. The minimum absolute atomic E-state index is 0.356. The number of rotatable bonds is 2. The molecule has 0 spiro atoms. The third kappa shape index (κ3) is 3.79. The number of hydrogen-bond acceptors (Lipinski definition) is 1. The maximum atomic E-state index is 13.2. The minimum atomic E-state index is -1.31. The Labute approximate surface area is 106 Å². The van der Waals surface area contributed by atoms with E-state index in [1.54, 1.807) is 12.1 Å². The van der Waals surface area contributed by atoms with Crippen LogP contribution < -0.4 is 0 Å². The Kier molecular flexibility index (Phi) is 4.38. The predicted octanol–water partition coefficient (Wildman–Crippen LogP) is 3.47. The van der Waals surface area contributed by atoms with Gasteiger partial charge in [0.25, 0.3) is 0 Å². The van der Waals surface area contributed by atoms with Crippen molar-refractivity contribution < 1.29 is 8.60 Å². The second kappa shape index (κ2) is 5.19. The summed E-state index contributed by atoms with van der Waals surface area (Å²) < 4.78 is 28.7. The number of nitrogens with zero attached hydrogens (tertiary/aromatic N) is 1. The average molecular weight is 306 g/mol. The van der Waals surface area contributed by atoms with Crippen LogP contribution >= 0.6 is 15.9 Å². The topological polar surface area (TPSA) is 29.4 Å². The molecular weight excluding hydrogens is 293 g/mol. The zero-order valence-corrected chi connectivity index (χ0v) is 11.7. The lowest BCUT2D eigenvalue weighted by Crippen LogP contribution is -2.19. The summed E-state index contributed by atoms with van der Waals surface area (Å²) in [6.07, 6.45) is 1.43. The third-order valence-corrected chi connectivity index (χ3v) is 3.75. The quantitative estimate of drug-likeness (QED) is 0.769. The number of halogens is 2. The van der Waals surface area contributed by atoms with E-state index >= 15 is 0 Å². The Hall–Kier alpha value is -0.550. The highest BCUT2D eigenvalue weighted by Crippen LogP contribution is 2.16. The molecule has 0 saturated heterocycles. The molecule has 0 radical (unpaired) electrons.